The topological polar surface area (TPSA) is 76.1 Å². The molecule has 0 bridgehead atoms. The van der Waals surface area contributed by atoms with Gasteiger partial charge in [0, 0.05) is 18.4 Å². The molecule has 0 saturated carbocycles. The lowest BCUT2D eigenvalue weighted by Gasteiger charge is -2.33. The van der Waals surface area contributed by atoms with Gasteiger partial charge in [0.2, 0.25) is 5.88 Å². The summed E-state index contributed by atoms with van der Waals surface area (Å²) in [5.41, 5.74) is 4.68. The third-order valence-electron chi connectivity index (χ3n) is 4.44. The van der Waals surface area contributed by atoms with Crippen LogP contribution in [-0.2, 0) is 15.7 Å². The Kier molecular flexibility index (Phi) is 4.07. The molecular formula is C18H15F3N2O2. The van der Waals surface area contributed by atoms with Crippen molar-refractivity contribution in [3.63, 3.8) is 0 Å². The van der Waals surface area contributed by atoms with E-state index in [0.29, 0.717) is 6.42 Å². The quantitative estimate of drug-likeness (QED) is 0.838. The molecule has 2 aliphatic rings. The van der Waals surface area contributed by atoms with Gasteiger partial charge in [0.25, 0.3) is 0 Å². The summed E-state index contributed by atoms with van der Waals surface area (Å²) in [6, 6.07) is 6.75. The molecule has 1 aliphatic carbocycles. The average molecular weight is 348 g/mol. The molecule has 0 amide bonds. The van der Waals surface area contributed by atoms with Crippen LogP contribution in [-0.4, -0.2) is 5.78 Å². The highest BCUT2D eigenvalue weighted by Gasteiger charge is 2.43. The van der Waals surface area contributed by atoms with Crippen LogP contribution >= 0.6 is 0 Å². The van der Waals surface area contributed by atoms with Crippen molar-refractivity contribution < 1.29 is 22.7 Å². The predicted octanol–water partition coefficient (Wildman–Crippen LogP) is 3.77. The fraction of sp³-hybridized carbons (Fsp3) is 0.333. The molecule has 0 spiro atoms. The Bertz CT molecular complexity index is 847. The molecule has 3 rings (SSSR count). The zero-order valence-corrected chi connectivity index (χ0v) is 13.4. The number of hydrogen-bond acceptors (Lipinski definition) is 4. The van der Waals surface area contributed by atoms with Crippen molar-refractivity contribution in [2.24, 2.45) is 11.7 Å². The lowest BCUT2D eigenvalue weighted by atomic mass is 9.74. The number of alkyl halides is 3. The minimum Gasteiger partial charge on any atom is -0.444 e. The van der Waals surface area contributed by atoms with E-state index in [9.17, 15) is 23.2 Å². The number of nitrogens with zero attached hydrogens (tertiary/aromatic N) is 1. The second-order valence-electron chi connectivity index (χ2n) is 6.28. The second-order valence-corrected chi connectivity index (χ2v) is 6.28. The summed E-state index contributed by atoms with van der Waals surface area (Å²) in [5, 5.41) is 9.43. The highest BCUT2D eigenvalue weighted by Crippen LogP contribution is 2.47. The van der Waals surface area contributed by atoms with Crippen molar-refractivity contribution >= 4 is 5.78 Å². The Morgan fingerprint density at radius 2 is 1.96 bits per heavy atom. The molecule has 0 saturated heterocycles. The fourth-order valence-electron chi connectivity index (χ4n) is 3.41. The number of ether oxygens (including phenoxy) is 1. The maximum Gasteiger partial charge on any atom is 0.416 e. The van der Waals surface area contributed by atoms with Gasteiger partial charge < -0.3 is 10.5 Å². The number of carbonyl (C=O) groups excluding carboxylic acids is 1. The lowest BCUT2D eigenvalue weighted by Crippen LogP contribution is -2.30. The summed E-state index contributed by atoms with van der Waals surface area (Å²) in [4.78, 5) is 12.6. The van der Waals surface area contributed by atoms with Gasteiger partial charge in [0.05, 0.1) is 11.5 Å². The van der Waals surface area contributed by atoms with Crippen molar-refractivity contribution in [1.29, 1.82) is 5.26 Å². The van der Waals surface area contributed by atoms with E-state index >= 15 is 0 Å². The number of halogens is 3. The van der Waals surface area contributed by atoms with Crippen molar-refractivity contribution in [3.8, 4) is 6.07 Å². The fourth-order valence-corrected chi connectivity index (χ4v) is 3.41. The lowest BCUT2D eigenvalue weighted by molar-refractivity contribution is -0.138. The molecule has 1 aromatic rings. The maximum absolute atomic E-state index is 13.5. The minimum atomic E-state index is -4.62. The van der Waals surface area contributed by atoms with Gasteiger partial charge in [-0.3, -0.25) is 4.79 Å². The first-order chi connectivity index (χ1) is 11.7. The summed E-state index contributed by atoms with van der Waals surface area (Å²) in [6.45, 7) is 1.85. The van der Waals surface area contributed by atoms with Crippen LogP contribution < -0.4 is 5.73 Å². The average Bonchev–Trinajstić information content (AvgIpc) is 2.52. The molecular weight excluding hydrogens is 333 g/mol. The number of benzene rings is 1. The Morgan fingerprint density at radius 3 is 2.60 bits per heavy atom. The smallest absolute Gasteiger partial charge is 0.416 e. The highest BCUT2D eigenvalue weighted by atomic mass is 19.4. The molecule has 0 radical (unpaired) electrons. The van der Waals surface area contributed by atoms with Gasteiger partial charge in [-0.15, -0.1) is 0 Å². The van der Waals surface area contributed by atoms with E-state index in [1.807, 2.05) is 13.0 Å². The molecule has 4 nitrogen and oxygen atoms in total. The van der Waals surface area contributed by atoms with Crippen LogP contribution in [0.4, 0.5) is 13.2 Å². The Labute approximate surface area is 142 Å². The van der Waals surface area contributed by atoms with E-state index in [1.54, 1.807) is 0 Å². The molecule has 1 aromatic carbocycles. The number of ketones is 1. The summed E-state index contributed by atoms with van der Waals surface area (Å²) in [6.07, 6.45) is -4.02. The van der Waals surface area contributed by atoms with E-state index in [0.717, 1.165) is 6.07 Å². The first-order valence-electron chi connectivity index (χ1n) is 7.74. The van der Waals surface area contributed by atoms with Crippen LogP contribution in [0.25, 0.3) is 0 Å². The first kappa shape index (κ1) is 17.1. The molecule has 0 fully saturated rings. The third kappa shape index (κ3) is 2.88. The van der Waals surface area contributed by atoms with E-state index in [2.05, 4.69) is 0 Å². The van der Waals surface area contributed by atoms with Gasteiger partial charge in [0.15, 0.2) is 5.78 Å². The molecule has 1 heterocycles. The number of nitriles is 1. The zero-order valence-electron chi connectivity index (χ0n) is 13.4. The normalized spacial score (nSPS) is 23.9. The van der Waals surface area contributed by atoms with E-state index < -0.39 is 17.7 Å². The largest absolute Gasteiger partial charge is 0.444 e. The Hall–Kier alpha value is -2.75. The van der Waals surface area contributed by atoms with E-state index in [4.69, 9.17) is 10.5 Å². The van der Waals surface area contributed by atoms with Crippen LogP contribution in [0.15, 0.2) is 47.1 Å². The number of hydrogen-bond donors (Lipinski definition) is 1. The number of Topliss-reactive ketones (excluding diaryl/α,β-unsaturated/α-hetero) is 1. The molecule has 1 aliphatic heterocycles. The van der Waals surface area contributed by atoms with Crippen LogP contribution in [0.3, 0.4) is 0 Å². The van der Waals surface area contributed by atoms with Crippen molar-refractivity contribution in [2.45, 2.75) is 31.9 Å². The Balaban J connectivity index is 2.26. The molecule has 25 heavy (non-hydrogen) atoms. The summed E-state index contributed by atoms with van der Waals surface area (Å²) < 4.78 is 45.8. The molecule has 0 aromatic heterocycles. The highest BCUT2D eigenvalue weighted by molar-refractivity contribution is 5.99. The van der Waals surface area contributed by atoms with Crippen molar-refractivity contribution in [1.82, 2.24) is 0 Å². The second kappa shape index (κ2) is 5.96. The van der Waals surface area contributed by atoms with Crippen LogP contribution in [0.5, 0.6) is 0 Å². The van der Waals surface area contributed by atoms with Gasteiger partial charge in [-0.2, -0.15) is 18.4 Å². The molecule has 130 valence electrons. The number of nitrogens with two attached hydrogens (primary N) is 1. The number of carbonyl (C=O) groups is 1. The SMILES string of the molecule is CC1CC(=O)C2=C(C1)OC(N)=C(C#N)C2c1ccccc1C(F)(F)F. The van der Waals surface area contributed by atoms with E-state index in [1.165, 1.54) is 18.2 Å². The van der Waals surface area contributed by atoms with Gasteiger partial charge in [-0.25, -0.2) is 0 Å². The molecule has 2 N–H and O–H groups in total. The van der Waals surface area contributed by atoms with Crippen LogP contribution in [0.1, 0.15) is 36.8 Å². The molecule has 7 heteroatoms. The molecule has 2 atom stereocenters. The van der Waals surface area contributed by atoms with Crippen LogP contribution in [0.2, 0.25) is 0 Å². The Morgan fingerprint density at radius 1 is 1.28 bits per heavy atom. The number of allylic oxidation sites excluding steroid dienone is 3. The van der Waals surface area contributed by atoms with Gasteiger partial charge in [-0.1, -0.05) is 25.1 Å². The van der Waals surface area contributed by atoms with Gasteiger partial charge >= 0.3 is 6.18 Å². The number of rotatable bonds is 1. The molecule has 2 unspecified atom stereocenters. The standard InChI is InChI=1S/C18H15F3N2O2/c1-9-6-13(24)16-14(7-9)25-17(23)11(8-22)15(16)10-4-2-3-5-12(10)18(19,20)21/h2-5,9,15H,6-7,23H2,1H3. The predicted molar refractivity (Wildman–Crippen MR) is 82.5 cm³/mol. The van der Waals surface area contributed by atoms with Crippen LogP contribution in [0, 0.1) is 17.2 Å². The van der Waals surface area contributed by atoms with Gasteiger partial charge in [0.1, 0.15) is 17.4 Å². The van der Waals surface area contributed by atoms with Crippen molar-refractivity contribution in [2.75, 3.05) is 0 Å². The van der Waals surface area contributed by atoms with Gasteiger partial charge in [-0.05, 0) is 17.5 Å². The summed E-state index contributed by atoms with van der Waals surface area (Å²) in [7, 11) is 0. The van der Waals surface area contributed by atoms with E-state index in [-0.39, 0.29) is 46.5 Å². The summed E-state index contributed by atoms with van der Waals surface area (Å²) in [5.74, 6) is -1.45. The third-order valence-corrected chi connectivity index (χ3v) is 4.44. The zero-order chi connectivity index (χ0) is 18.4. The first-order valence-corrected chi connectivity index (χ1v) is 7.74. The summed E-state index contributed by atoms with van der Waals surface area (Å²) >= 11 is 0. The maximum atomic E-state index is 13.5. The minimum absolute atomic E-state index is 0.00111. The monoisotopic (exact) mass is 348 g/mol. The van der Waals surface area contributed by atoms with Crippen molar-refractivity contribution in [3.05, 3.63) is 58.2 Å².